The zero-order chi connectivity index (χ0) is 25.4. The van der Waals surface area contributed by atoms with Gasteiger partial charge in [0.25, 0.3) is 5.91 Å². The molecule has 9 nitrogen and oxygen atoms in total. The van der Waals surface area contributed by atoms with Gasteiger partial charge in [-0.1, -0.05) is 6.92 Å². The molecule has 3 aliphatic heterocycles. The fourth-order valence-electron chi connectivity index (χ4n) is 7.69. The predicted octanol–water partition coefficient (Wildman–Crippen LogP) is 0.935. The van der Waals surface area contributed by atoms with E-state index < -0.39 is 18.2 Å². The lowest BCUT2D eigenvalue weighted by Crippen LogP contribution is -2.54. The van der Waals surface area contributed by atoms with E-state index >= 15 is 0 Å². The first kappa shape index (κ1) is 24.1. The predicted molar refractivity (Wildman–Crippen MR) is 134 cm³/mol. The summed E-state index contributed by atoms with van der Waals surface area (Å²) in [4.78, 5) is 20.8. The van der Waals surface area contributed by atoms with E-state index in [1.54, 1.807) is 14.2 Å². The first-order valence-corrected chi connectivity index (χ1v) is 13.0. The summed E-state index contributed by atoms with van der Waals surface area (Å²) in [6, 6.07) is 7.21. The molecule has 36 heavy (non-hydrogen) atoms. The minimum absolute atomic E-state index is 0.0219. The van der Waals surface area contributed by atoms with E-state index in [0.717, 1.165) is 41.6 Å². The van der Waals surface area contributed by atoms with E-state index in [-0.39, 0.29) is 34.9 Å². The topological polar surface area (TPSA) is 130 Å². The van der Waals surface area contributed by atoms with Gasteiger partial charge in [-0.2, -0.15) is 0 Å². The second-order valence-corrected chi connectivity index (χ2v) is 11.1. The summed E-state index contributed by atoms with van der Waals surface area (Å²) in [7, 11) is 3.25. The molecule has 1 saturated carbocycles. The van der Waals surface area contributed by atoms with Crippen molar-refractivity contribution in [3.05, 3.63) is 35.5 Å². The molecule has 1 amide bonds. The SMILES string of the molecule is CC[C@@H](N)[C@H](O)[C@H](O)[C@H](COC)[C@@H]1CC[C@@]23CC24c2nc5ccc(OC)cc5cc2C(=O)N[C@H]4CN13. The quantitative estimate of drug-likeness (QED) is 0.425. The van der Waals surface area contributed by atoms with Crippen LogP contribution >= 0.6 is 0 Å². The fourth-order valence-corrected chi connectivity index (χ4v) is 7.69. The van der Waals surface area contributed by atoms with Crippen LogP contribution in [0.4, 0.5) is 0 Å². The molecular formula is C27H36N4O5. The number of nitrogens with one attached hydrogen (secondary N) is 1. The molecule has 0 radical (unpaired) electrons. The van der Waals surface area contributed by atoms with E-state index in [1.807, 2.05) is 31.2 Å². The van der Waals surface area contributed by atoms with Crippen LogP contribution < -0.4 is 15.8 Å². The van der Waals surface area contributed by atoms with Crippen molar-refractivity contribution in [1.82, 2.24) is 15.2 Å². The number of pyridine rings is 1. The minimum atomic E-state index is -1.02. The van der Waals surface area contributed by atoms with Gasteiger partial charge in [0.05, 0.1) is 54.2 Å². The number of amides is 1. The molecule has 3 fully saturated rings. The lowest BCUT2D eigenvalue weighted by molar-refractivity contribution is -0.0720. The number of ether oxygens (including phenoxy) is 2. The molecule has 1 unspecified atom stereocenters. The van der Waals surface area contributed by atoms with Gasteiger partial charge in [0.1, 0.15) is 5.75 Å². The number of nitrogens with two attached hydrogens (primary N) is 1. The molecule has 9 heteroatoms. The maximum Gasteiger partial charge on any atom is 0.253 e. The highest BCUT2D eigenvalue weighted by Crippen LogP contribution is 2.73. The Bertz CT molecular complexity index is 1210. The monoisotopic (exact) mass is 496 g/mol. The molecule has 194 valence electrons. The third-order valence-electron chi connectivity index (χ3n) is 9.60. The van der Waals surface area contributed by atoms with Crippen molar-refractivity contribution in [3.63, 3.8) is 0 Å². The molecule has 1 aliphatic carbocycles. The molecule has 2 aromatic rings. The first-order chi connectivity index (χ1) is 17.3. The zero-order valence-corrected chi connectivity index (χ0v) is 21.1. The normalized spacial score (nSPS) is 33.7. The Balaban J connectivity index is 1.37. The molecule has 1 aromatic heterocycles. The molecule has 2 saturated heterocycles. The van der Waals surface area contributed by atoms with Gasteiger partial charge in [0.15, 0.2) is 0 Å². The number of benzene rings is 1. The minimum Gasteiger partial charge on any atom is -0.497 e. The molecule has 8 atom stereocenters. The average molecular weight is 497 g/mol. The summed E-state index contributed by atoms with van der Waals surface area (Å²) in [5.74, 6) is 0.361. The fraction of sp³-hybridized carbons (Fsp3) is 0.630. The van der Waals surface area contributed by atoms with E-state index in [0.29, 0.717) is 25.1 Å². The van der Waals surface area contributed by atoms with Crippen LogP contribution in [0.25, 0.3) is 10.9 Å². The number of hydrogen-bond donors (Lipinski definition) is 4. The number of piperidine rings is 1. The molecule has 4 heterocycles. The van der Waals surface area contributed by atoms with E-state index in [4.69, 9.17) is 20.2 Å². The van der Waals surface area contributed by atoms with E-state index in [9.17, 15) is 15.0 Å². The smallest absolute Gasteiger partial charge is 0.253 e. The van der Waals surface area contributed by atoms with Gasteiger partial charge in [-0.15, -0.1) is 0 Å². The van der Waals surface area contributed by atoms with Gasteiger partial charge < -0.3 is 30.7 Å². The summed E-state index contributed by atoms with van der Waals surface area (Å²) >= 11 is 0. The summed E-state index contributed by atoms with van der Waals surface area (Å²) in [5, 5.41) is 26.1. The summed E-state index contributed by atoms with van der Waals surface area (Å²) in [6.07, 6.45) is 1.34. The Labute approximate surface area is 211 Å². The summed E-state index contributed by atoms with van der Waals surface area (Å²) < 4.78 is 10.9. The number of hydrogen-bond acceptors (Lipinski definition) is 8. The number of aromatic nitrogens is 1. The van der Waals surface area contributed by atoms with E-state index in [1.165, 1.54) is 0 Å². The number of methoxy groups -OCH3 is 2. The second kappa shape index (κ2) is 8.36. The van der Waals surface area contributed by atoms with Crippen molar-refractivity contribution >= 4 is 16.8 Å². The van der Waals surface area contributed by atoms with Crippen molar-refractivity contribution in [1.29, 1.82) is 0 Å². The largest absolute Gasteiger partial charge is 0.497 e. The van der Waals surface area contributed by atoms with Crippen LogP contribution in [-0.2, 0) is 10.2 Å². The Hall–Kier alpha value is -2.30. The number of aliphatic hydroxyl groups excluding tert-OH is 2. The Kier molecular flexibility index (Phi) is 5.59. The number of carbonyl (C=O) groups is 1. The Morgan fingerprint density at radius 1 is 1.28 bits per heavy atom. The third-order valence-corrected chi connectivity index (χ3v) is 9.60. The molecule has 2 spiro atoms. The molecule has 6 rings (SSSR count). The Morgan fingerprint density at radius 3 is 2.81 bits per heavy atom. The highest BCUT2D eigenvalue weighted by Gasteiger charge is 2.83. The molecule has 0 bridgehead atoms. The van der Waals surface area contributed by atoms with Crippen LogP contribution in [0.1, 0.15) is 48.7 Å². The van der Waals surface area contributed by atoms with Crippen LogP contribution in [0, 0.1) is 5.92 Å². The maximum atomic E-state index is 13.2. The summed E-state index contributed by atoms with van der Waals surface area (Å²) in [6.45, 7) is 2.93. The molecule has 1 aromatic carbocycles. The van der Waals surface area contributed by atoms with Crippen molar-refractivity contribution in [2.24, 2.45) is 11.7 Å². The number of carbonyl (C=O) groups excluding carboxylic acids is 1. The van der Waals surface area contributed by atoms with Gasteiger partial charge in [-0.25, -0.2) is 0 Å². The van der Waals surface area contributed by atoms with Gasteiger partial charge in [-0.05, 0) is 49.9 Å². The number of fused-ring (bicyclic) bond motifs is 2. The van der Waals surface area contributed by atoms with Crippen LogP contribution in [0.15, 0.2) is 24.3 Å². The van der Waals surface area contributed by atoms with Crippen LogP contribution in [0.2, 0.25) is 0 Å². The maximum absolute atomic E-state index is 13.2. The molecular weight excluding hydrogens is 460 g/mol. The zero-order valence-electron chi connectivity index (χ0n) is 21.1. The van der Waals surface area contributed by atoms with Crippen LogP contribution in [0.3, 0.4) is 0 Å². The standard InChI is InChI=1S/C27H36N4O5/c1-4-18(28)23(33)22(32)17(12-35-2)20-7-8-26-13-27(26)21(11-31(20)26)30-25(34)16-10-14-9-15(36-3)5-6-19(14)29-24(16)27/h5-6,9-10,17-18,20-23,32-33H,4,7-8,11-13,28H2,1-3H3,(H,30,34)/t17-,18-,20+,21+,22-,23+,26-,27?/m1/s1. The van der Waals surface area contributed by atoms with Gasteiger partial charge in [0, 0.05) is 42.6 Å². The lowest BCUT2D eigenvalue weighted by Gasteiger charge is -2.38. The van der Waals surface area contributed by atoms with Gasteiger partial charge in [0.2, 0.25) is 0 Å². The van der Waals surface area contributed by atoms with Gasteiger partial charge >= 0.3 is 0 Å². The van der Waals surface area contributed by atoms with Crippen molar-refractivity contribution in [2.45, 2.75) is 73.9 Å². The average Bonchev–Trinajstić information content (AvgIpc) is 3.30. The highest BCUT2D eigenvalue weighted by atomic mass is 16.5. The van der Waals surface area contributed by atoms with Gasteiger partial charge in [-0.3, -0.25) is 14.7 Å². The van der Waals surface area contributed by atoms with Crippen LogP contribution in [0.5, 0.6) is 5.75 Å². The van der Waals surface area contributed by atoms with Crippen molar-refractivity contribution in [3.8, 4) is 5.75 Å². The number of aliphatic hydroxyl groups is 2. The highest BCUT2D eigenvalue weighted by molar-refractivity contribution is 6.01. The molecule has 4 aliphatic rings. The lowest BCUT2D eigenvalue weighted by atomic mass is 9.82. The second-order valence-electron chi connectivity index (χ2n) is 11.1. The van der Waals surface area contributed by atoms with Crippen molar-refractivity contribution < 1.29 is 24.5 Å². The van der Waals surface area contributed by atoms with E-state index in [2.05, 4.69) is 10.2 Å². The number of rotatable bonds is 8. The molecule has 5 N–H and O–H groups in total. The third kappa shape index (κ3) is 3.07. The van der Waals surface area contributed by atoms with Crippen LogP contribution in [-0.4, -0.2) is 89.2 Å². The van der Waals surface area contributed by atoms with Crippen molar-refractivity contribution in [2.75, 3.05) is 27.4 Å². The summed E-state index contributed by atoms with van der Waals surface area (Å²) in [5.41, 5.74) is 8.14. The first-order valence-electron chi connectivity index (χ1n) is 13.0. The Morgan fingerprint density at radius 2 is 2.08 bits per heavy atom. The number of nitrogens with zero attached hydrogens (tertiary/aromatic N) is 2.